The first-order chi connectivity index (χ1) is 8.91. The summed E-state index contributed by atoms with van der Waals surface area (Å²) in [6.07, 6.45) is 4.64. The van der Waals surface area contributed by atoms with Gasteiger partial charge in [0.1, 0.15) is 5.82 Å². The van der Waals surface area contributed by atoms with Crippen molar-refractivity contribution in [2.45, 2.75) is 46.0 Å². The lowest BCUT2D eigenvalue weighted by Crippen LogP contribution is -2.32. The maximum absolute atomic E-state index is 11.5. The zero-order valence-corrected chi connectivity index (χ0v) is 12.3. The van der Waals surface area contributed by atoms with Gasteiger partial charge in [-0.25, -0.2) is 4.98 Å². The average Bonchev–Trinajstić information content (AvgIpc) is 2.69. The minimum atomic E-state index is -0.661. The molecule has 1 aliphatic rings. The molecule has 3 atom stereocenters. The number of aliphatic carboxylic acids is 1. The van der Waals surface area contributed by atoms with Gasteiger partial charge >= 0.3 is 5.97 Å². The number of carbonyl (C=O) groups is 1. The van der Waals surface area contributed by atoms with E-state index in [2.05, 4.69) is 18.8 Å². The summed E-state index contributed by atoms with van der Waals surface area (Å²) in [6.45, 7) is 6.43. The van der Waals surface area contributed by atoms with Crippen LogP contribution in [-0.4, -0.2) is 20.6 Å². The molecular weight excluding hydrogens is 240 g/mol. The molecule has 1 fully saturated rings. The molecule has 4 heteroatoms. The number of imidazole rings is 1. The highest BCUT2D eigenvalue weighted by Crippen LogP contribution is 2.43. The van der Waals surface area contributed by atoms with Gasteiger partial charge in [-0.05, 0) is 38.0 Å². The highest BCUT2D eigenvalue weighted by atomic mass is 16.4. The number of nitrogens with zero attached hydrogens (tertiary/aromatic N) is 2. The van der Waals surface area contributed by atoms with Gasteiger partial charge in [0.2, 0.25) is 0 Å². The number of carboxylic acids is 1. The lowest BCUT2D eigenvalue weighted by Gasteiger charge is -2.36. The summed E-state index contributed by atoms with van der Waals surface area (Å²) < 4.78 is 2.04. The summed E-state index contributed by atoms with van der Waals surface area (Å²) in [7, 11) is 1.98. The van der Waals surface area contributed by atoms with E-state index in [4.69, 9.17) is 0 Å². The molecule has 1 heterocycles. The molecule has 0 bridgehead atoms. The van der Waals surface area contributed by atoms with Crippen molar-refractivity contribution in [3.8, 4) is 0 Å². The van der Waals surface area contributed by atoms with Crippen LogP contribution in [0.3, 0.4) is 0 Å². The SMILES string of the molecule is Cc1ncc(C2CC(C(C)C)CCC2C(=O)O)n1C. The van der Waals surface area contributed by atoms with Gasteiger partial charge in [0, 0.05) is 24.9 Å². The number of carboxylic acid groups (broad SMARTS) is 1. The van der Waals surface area contributed by atoms with Gasteiger partial charge in [-0.1, -0.05) is 13.8 Å². The van der Waals surface area contributed by atoms with Crippen molar-refractivity contribution in [2.24, 2.45) is 24.8 Å². The fraction of sp³-hybridized carbons (Fsp3) is 0.733. The van der Waals surface area contributed by atoms with Crippen LogP contribution >= 0.6 is 0 Å². The molecule has 0 amide bonds. The number of aryl methyl sites for hydroxylation is 1. The van der Waals surface area contributed by atoms with Gasteiger partial charge in [-0.15, -0.1) is 0 Å². The van der Waals surface area contributed by atoms with Crippen LogP contribution in [0, 0.1) is 24.7 Å². The van der Waals surface area contributed by atoms with Gasteiger partial charge < -0.3 is 9.67 Å². The largest absolute Gasteiger partial charge is 0.481 e. The van der Waals surface area contributed by atoms with Crippen LogP contribution in [0.4, 0.5) is 0 Å². The molecule has 1 aliphatic carbocycles. The fourth-order valence-corrected chi connectivity index (χ4v) is 3.30. The van der Waals surface area contributed by atoms with Crippen molar-refractivity contribution in [3.05, 3.63) is 17.7 Å². The monoisotopic (exact) mass is 264 g/mol. The van der Waals surface area contributed by atoms with Gasteiger partial charge in [-0.2, -0.15) is 0 Å². The van der Waals surface area contributed by atoms with Crippen molar-refractivity contribution < 1.29 is 9.90 Å². The van der Waals surface area contributed by atoms with E-state index < -0.39 is 5.97 Å². The Morgan fingerprint density at radius 1 is 1.47 bits per heavy atom. The Balaban J connectivity index is 2.30. The quantitative estimate of drug-likeness (QED) is 0.913. The molecule has 1 aromatic rings. The van der Waals surface area contributed by atoms with Crippen molar-refractivity contribution in [2.75, 3.05) is 0 Å². The van der Waals surface area contributed by atoms with E-state index in [-0.39, 0.29) is 11.8 Å². The zero-order valence-electron chi connectivity index (χ0n) is 12.3. The highest BCUT2D eigenvalue weighted by Gasteiger charge is 2.38. The Morgan fingerprint density at radius 3 is 2.63 bits per heavy atom. The average molecular weight is 264 g/mol. The summed E-state index contributed by atoms with van der Waals surface area (Å²) in [6, 6.07) is 0. The smallest absolute Gasteiger partial charge is 0.307 e. The minimum Gasteiger partial charge on any atom is -0.481 e. The van der Waals surface area contributed by atoms with Crippen LogP contribution < -0.4 is 0 Å². The first-order valence-electron chi connectivity index (χ1n) is 7.12. The predicted octanol–water partition coefficient (Wildman–Crippen LogP) is 2.97. The van der Waals surface area contributed by atoms with Crippen molar-refractivity contribution in [1.29, 1.82) is 0 Å². The van der Waals surface area contributed by atoms with Crippen LogP contribution in [-0.2, 0) is 11.8 Å². The lowest BCUT2D eigenvalue weighted by molar-refractivity contribution is -0.144. The second-order valence-corrected chi connectivity index (χ2v) is 6.16. The van der Waals surface area contributed by atoms with Crippen molar-refractivity contribution >= 4 is 5.97 Å². The van der Waals surface area contributed by atoms with Crippen LogP contribution in [0.5, 0.6) is 0 Å². The van der Waals surface area contributed by atoms with Crippen LogP contribution in [0.1, 0.15) is 50.5 Å². The zero-order chi connectivity index (χ0) is 14.2. The second-order valence-electron chi connectivity index (χ2n) is 6.16. The van der Waals surface area contributed by atoms with Gasteiger partial charge in [-0.3, -0.25) is 4.79 Å². The molecule has 4 nitrogen and oxygen atoms in total. The third-order valence-electron chi connectivity index (χ3n) is 4.79. The summed E-state index contributed by atoms with van der Waals surface area (Å²) in [5, 5.41) is 9.46. The summed E-state index contributed by atoms with van der Waals surface area (Å²) in [5.41, 5.74) is 1.08. The van der Waals surface area contributed by atoms with Crippen molar-refractivity contribution in [3.63, 3.8) is 0 Å². The van der Waals surface area contributed by atoms with Crippen molar-refractivity contribution in [1.82, 2.24) is 9.55 Å². The van der Waals surface area contributed by atoms with E-state index in [1.807, 2.05) is 24.7 Å². The van der Waals surface area contributed by atoms with E-state index in [0.29, 0.717) is 11.8 Å². The van der Waals surface area contributed by atoms with Crippen LogP contribution in [0.25, 0.3) is 0 Å². The molecule has 0 aromatic carbocycles. The van der Waals surface area contributed by atoms with Gasteiger partial charge in [0.05, 0.1) is 5.92 Å². The molecule has 0 spiro atoms. The molecule has 1 saturated carbocycles. The summed E-state index contributed by atoms with van der Waals surface area (Å²) in [5.74, 6) is 1.37. The Labute approximate surface area is 114 Å². The van der Waals surface area contributed by atoms with E-state index in [0.717, 1.165) is 30.8 Å². The standard InChI is InChI=1S/C15H24N2O2/c1-9(2)11-5-6-12(15(18)19)13(7-11)14-8-16-10(3)17(14)4/h8-9,11-13H,5-7H2,1-4H3,(H,18,19). The lowest BCUT2D eigenvalue weighted by atomic mass is 9.69. The number of hydrogen-bond acceptors (Lipinski definition) is 2. The molecule has 0 aliphatic heterocycles. The molecule has 19 heavy (non-hydrogen) atoms. The molecule has 2 rings (SSSR count). The Hall–Kier alpha value is -1.32. The Bertz CT molecular complexity index is 465. The second kappa shape index (κ2) is 5.35. The molecule has 0 saturated heterocycles. The Kier molecular flexibility index (Phi) is 3.97. The maximum atomic E-state index is 11.5. The normalized spacial score (nSPS) is 27.7. The van der Waals surface area contributed by atoms with E-state index >= 15 is 0 Å². The number of rotatable bonds is 3. The third kappa shape index (κ3) is 2.67. The number of aromatic nitrogens is 2. The van der Waals surface area contributed by atoms with Crippen LogP contribution in [0.15, 0.2) is 6.20 Å². The van der Waals surface area contributed by atoms with E-state index in [1.165, 1.54) is 0 Å². The number of hydrogen-bond donors (Lipinski definition) is 1. The minimum absolute atomic E-state index is 0.102. The van der Waals surface area contributed by atoms with Gasteiger partial charge in [0.15, 0.2) is 0 Å². The van der Waals surface area contributed by atoms with Gasteiger partial charge in [0.25, 0.3) is 0 Å². The Morgan fingerprint density at radius 2 is 2.16 bits per heavy atom. The molecule has 0 radical (unpaired) electrons. The molecule has 1 aromatic heterocycles. The maximum Gasteiger partial charge on any atom is 0.307 e. The first-order valence-corrected chi connectivity index (χ1v) is 7.12. The predicted molar refractivity (Wildman–Crippen MR) is 74.0 cm³/mol. The summed E-state index contributed by atoms with van der Waals surface area (Å²) >= 11 is 0. The van der Waals surface area contributed by atoms with E-state index in [1.54, 1.807) is 0 Å². The van der Waals surface area contributed by atoms with E-state index in [9.17, 15) is 9.90 Å². The third-order valence-corrected chi connectivity index (χ3v) is 4.79. The summed E-state index contributed by atoms with van der Waals surface area (Å²) in [4.78, 5) is 15.8. The molecule has 3 unspecified atom stereocenters. The topological polar surface area (TPSA) is 55.1 Å². The first kappa shape index (κ1) is 14.1. The highest BCUT2D eigenvalue weighted by molar-refractivity contribution is 5.71. The molecular formula is C15H24N2O2. The molecule has 1 N–H and O–H groups in total. The van der Waals surface area contributed by atoms with Crippen LogP contribution in [0.2, 0.25) is 0 Å². The molecule has 106 valence electrons. The fourth-order valence-electron chi connectivity index (χ4n) is 3.30.